The van der Waals surface area contributed by atoms with Crippen LogP contribution in [0.1, 0.15) is 28.0 Å². The number of carbonyl (C=O) groups is 1. The first kappa shape index (κ1) is 22.5. The van der Waals surface area contributed by atoms with Crippen LogP contribution in [0.2, 0.25) is 0 Å². The molecule has 0 aliphatic carbocycles. The number of benzene rings is 2. The summed E-state index contributed by atoms with van der Waals surface area (Å²) in [6, 6.07) is 24.2. The zero-order valence-corrected chi connectivity index (χ0v) is 18.8. The van der Waals surface area contributed by atoms with Gasteiger partial charge in [0.2, 0.25) is 5.60 Å². The molecular weight excluding hydrogens is 446 g/mol. The fourth-order valence-electron chi connectivity index (χ4n) is 4.29. The third-order valence-electron chi connectivity index (χ3n) is 6.02. The van der Waals surface area contributed by atoms with E-state index in [0.717, 1.165) is 5.56 Å². The van der Waals surface area contributed by atoms with E-state index in [0.29, 0.717) is 23.2 Å². The van der Waals surface area contributed by atoms with Crippen molar-refractivity contribution in [2.24, 2.45) is 0 Å². The fourth-order valence-corrected chi connectivity index (χ4v) is 4.29. The number of hydrogen-bond acceptors (Lipinski definition) is 8. The van der Waals surface area contributed by atoms with E-state index in [9.17, 15) is 10.1 Å². The van der Waals surface area contributed by atoms with E-state index in [4.69, 9.17) is 19.9 Å². The molecule has 1 unspecified atom stereocenters. The van der Waals surface area contributed by atoms with Gasteiger partial charge >= 0.3 is 5.97 Å². The Morgan fingerprint density at radius 3 is 2.63 bits per heavy atom. The van der Waals surface area contributed by atoms with E-state index in [1.165, 1.54) is 6.33 Å². The van der Waals surface area contributed by atoms with E-state index in [1.807, 2.05) is 36.4 Å². The quantitative estimate of drug-likeness (QED) is 0.409. The smallest absolute Gasteiger partial charge is 0.338 e. The Morgan fingerprint density at radius 1 is 1.14 bits per heavy atom. The van der Waals surface area contributed by atoms with Gasteiger partial charge in [0.05, 0.1) is 24.0 Å². The highest BCUT2D eigenvalue weighted by Gasteiger charge is 2.54. The van der Waals surface area contributed by atoms with Gasteiger partial charge in [0.1, 0.15) is 30.6 Å². The minimum atomic E-state index is -1.49. The molecule has 9 heteroatoms. The molecule has 5 rings (SSSR count). The number of aromatic nitrogens is 3. The summed E-state index contributed by atoms with van der Waals surface area (Å²) < 4.78 is 19.6. The maximum absolute atomic E-state index is 12.5. The van der Waals surface area contributed by atoms with Crippen LogP contribution in [0.4, 0.5) is 5.82 Å². The number of hydrogen-bond donors (Lipinski definition) is 1. The van der Waals surface area contributed by atoms with Crippen molar-refractivity contribution in [2.45, 2.75) is 30.8 Å². The molecule has 3 atom stereocenters. The summed E-state index contributed by atoms with van der Waals surface area (Å²) >= 11 is 0. The van der Waals surface area contributed by atoms with Crippen LogP contribution < -0.4 is 5.73 Å². The highest BCUT2D eigenvalue weighted by atomic mass is 16.6. The summed E-state index contributed by atoms with van der Waals surface area (Å²) in [7, 11) is 0. The molecule has 9 nitrogen and oxygen atoms in total. The van der Waals surface area contributed by atoms with Crippen LogP contribution in [0.15, 0.2) is 79.1 Å². The lowest BCUT2D eigenvalue weighted by atomic mass is 9.94. The van der Waals surface area contributed by atoms with Gasteiger partial charge in [-0.2, -0.15) is 10.4 Å². The Balaban J connectivity index is 1.43. The molecule has 2 aromatic heterocycles. The summed E-state index contributed by atoms with van der Waals surface area (Å²) in [6.45, 7) is 0.262. The van der Waals surface area contributed by atoms with E-state index >= 15 is 0 Å². The van der Waals surface area contributed by atoms with Crippen molar-refractivity contribution in [2.75, 3.05) is 12.3 Å². The van der Waals surface area contributed by atoms with Crippen LogP contribution in [0.3, 0.4) is 0 Å². The van der Waals surface area contributed by atoms with Gasteiger partial charge in [-0.05, 0) is 29.8 Å². The van der Waals surface area contributed by atoms with Crippen molar-refractivity contribution in [3.8, 4) is 6.07 Å². The van der Waals surface area contributed by atoms with Gasteiger partial charge in [0, 0.05) is 6.42 Å². The summed E-state index contributed by atoms with van der Waals surface area (Å²) in [5.41, 5.74) is 6.94. The van der Waals surface area contributed by atoms with Gasteiger partial charge in [-0.25, -0.2) is 14.3 Å². The topological polar surface area (TPSA) is 125 Å². The van der Waals surface area contributed by atoms with E-state index in [-0.39, 0.29) is 19.0 Å². The van der Waals surface area contributed by atoms with Gasteiger partial charge in [-0.1, -0.05) is 48.5 Å². The maximum Gasteiger partial charge on any atom is 0.338 e. The molecular formula is C26H23N5O4. The largest absolute Gasteiger partial charge is 0.459 e. The second kappa shape index (κ2) is 9.54. The van der Waals surface area contributed by atoms with Crippen molar-refractivity contribution in [1.29, 1.82) is 5.26 Å². The van der Waals surface area contributed by atoms with Gasteiger partial charge < -0.3 is 19.9 Å². The van der Waals surface area contributed by atoms with Crippen molar-refractivity contribution < 1.29 is 19.0 Å². The van der Waals surface area contributed by atoms with Gasteiger partial charge in [0.25, 0.3) is 0 Å². The minimum Gasteiger partial charge on any atom is -0.459 e. The number of nitrogen functional groups attached to an aromatic ring is 1. The predicted octanol–water partition coefficient (Wildman–Crippen LogP) is 3.26. The third-order valence-corrected chi connectivity index (χ3v) is 6.02. The predicted molar refractivity (Wildman–Crippen MR) is 126 cm³/mol. The molecule has 1 aliphatic rings. The molecule has 176 valence electrons. The lowest BCUT2D eigenvalue weighted by Gasteiger charge is -2.27. The molecule has 0 saturated carbocycles. The highest BCUT2D eigenvalue weighted by molar-refractivity contribution is 5.89. The standard InChI is InChI=1S/C26H23N5O4/c27-16-26(22-12-11-21-24(28)29-17-30-31(21)22)23(33-14-18-7-3-1-4-8-18)13-20(35-26)15-34-25(32)19-9-5-2-6-10-19/h1-12,17,20,23H,13-15H2,(H2,28,29,30)/t20-,23+,26?/m0/s1. The average Bonchev–Trinajstić information content (AvgIpc) is 3.50. The Morgan fingerprint density at radius 2 is 1.89 bits per heavy atom. The molecule has 0 amide bonds. The highest BCUT2D eigenvalue weighted by Crippen LogP contribution is 2.42. The monoisotopic (exact) mass is 469 g/mol. The molecule has 2 N–H and O–H groups in total. The number of nitriles is 1. The van der Waals surface area contributed by atoms with Crippen LogP contribution in [0.5, 0.6) is 0 Å². The zero-order valence-electron chi connectivity index (χ0n) is 18.8. The summed E-state index contributed by atoms with van der Waals surface area (Å²) in [4.78, 5) is 16.5. The normalized spacial score (nSPS) is 21.6. The first-order chi connectivity index (χ1) is 17.1. The van der Waals surface area contributed by atoms with Gasteiger partial charge in [-0.3, -0.25) is 0 Å². The molecule has 0 bridgehead atoms. The van der Waals surface area contributed by atoms with Crippen LogP contribution in [0, 0.1) is 11.3 Å². The zero-order chi connectivity index (χ0) is 24.3. The molecule has 4 aromatic rings. The van der Waals surface area contributed by atoms with Crippen LogP contribution >= 0.6 is 0 Å². The summed E-state index contributed by atoms with van der Waals surface area (Å²) in [5, 5.41) is 14.7. The first-order valence-corrected chi connectivity index (χ1v) is 11.2. The lowest BCUT2D eigenvalue weighted by molar-refractivity contribution is -0.0882. The number of carbonyl (C=O) groups excluding carboxylic acids is 1. The second-order valence-corrected chi connectivity index (χ2v) is 8.23. The fraction of sp³-hybridized carbons (Fsp3) is 0.231. The van der Waals surface area contributed by atoms with Crippen LogP contribution in [-0.2, 0) is 26.4 Å². The van der Waals surface area contributed by atoms with Crippen LogP contribution in [0.25, 0.3) is 5.52 Å². The van der Waals surface area contributed by atoms with Crippen molar-refractivity contribution in [3.63, 3.8) is 0 Å². The van der Waals surface area contributed by atoms with Gasteiger partial charge in [0.15, 0.2) is 5.82 Å². The number of anilines is 1. The van der Waals surface area contributed by atoms with Crippen molar-refractivity contribution in [3.05, 3.63) is 95.9 Å². The molecule has 0 spiro atoms. The van der Waals surface area contributed by atoms with Crippen molar-refractivity contribution in [1.82, 2.24) is 14.6 Å². The van der Waals surface area contributed by atoms with Gasteiger partial charge in [-0.15, -0.1) is 0 Å². The maximum atomic E-state index is 12.5. The van der Waals surface area contributed by atoms with E-state index in [1.54, 1.807) is 40.9 Å². The number of nitrogens with zero attached hydrogens (tertiary/aromatic N) is 4. The molecule has 0 radical (unpaired) electrons. The van der Waals surface area contributed by atoms with Crippen LogP contribution in [-0.4, -0.2) is 39.4 Å². The number of fused-ring (bicyclic) bond motifs is 1. The number of esters is 1. The molecule has 35 heavy (non-hydrogen) atoms. The lowest BCUT2D eigenvalue weighted by Crippen LogP contribution is -2.38. The second-order valence-electron chi connectivity index (χ2n) is 8.23. The molecule has 1 aliphatic heterocycles. The number of rotatable bonds is 7. The number of ether oxygens (including phenoxy) is 3. The average molecular weight is 470 g/mol. The molecule has 1 fully saturated rings. The molecule has 2 aromatic carbocycles. The summed E-state index contributed by atoms with van der Waals surface area (Å²) in [6.07, 6.45) is 0.455. The third kappa shape index (κ3) is 4.33. The Kier molecular flexibility index (Phi) is 6.14. The summed E-state index contributed by atoms with van der Waals surface area (Å²) in [5.74, 6) is -0.175. The molecule has 3 heterocycles. The Bertz CT molecular complexity index is 1370. The number of nitrogens with two attached hydrogens (primary N) is 1. The van der Waals surface area contributed by atoms with E-state index < -0.39 is 23.8 Å². The first-order valence-electron chi connectivity index (χ1n) is 11.2. The van der Waals surface area contributed by atoms with E-state index in [2.05, 4.69) is 16.2 Å². The SMILES string of the molecule is N#CC1(c2ccc3c(N)ncnn23)O[C@H](COC(=O)c2ccccc2)C[C@H]1OCc1ccccc1. The Hall–Kier alpha value is -4.26. The Labute approximate surface area is 201 Å². The van der Waals surface area contributed by atoms with Crippen molar-refractivity contribution >= 4 is 17.3 Å². The minimum absolute atomic E-state index is 0.0250. The molecule has 1 saturated heterocycles.